The second-order valence-electron chi connectivity index (χ2n) is 7.67. The largest absolute Gasteiger partial charge is 0.490 e. The standard InChI is InChI=1S/C25H28N2O4/c1-3-30-22-12-11-18(15-23(22)31-4-2)24(27-13-7-10-21(27)25(28)29)19-14-17-8-5-6-9-20(17)26-16-19/h5-6,8-9,11-12,14-16,21,24H,3-4,7,10,13H2,1-2H3,(H,28,29). The molecule has 162 valence electrons. The first-order valence-corrected chi connectivity index (χ1v) is 10.8. The number of pyridine rings is 1. The average molecular weight is 421 g/mol. The van der Waals surface area contributed by atoms with Crippen molar-refractivity contribution in [2.24, 2.45) is 0 Å². The van der Waals surface area contributed by atoms with Crippen molar-refractivity contribution < 1.29 is 19.4 Å². The van der Waals surface area contributed by atoms with Gasteiger partial charge in [-0.05, 0) is 62.1 Å². The third kappa shape index (κ3) is 4.35. The summed E-state index contributed by atoms with van der Waals surface area (Å²) in [6.07, 6.45) is 3.35. The van der Waals surface area contributed by atoms with E-state index >= 15 is 0 Å². The molecule has 0 aliphatic carbocycles. The quantitative estimate of drug-likeness (QED) is 0.571. The van der Waals surface area contributed by atoms with Gasteiger partial charge < -0.3 is 14.6 Å². The maximum Gasteiger partial charge on any atom is 0.320 e. The van der Waals surface area contributed by atoms with Gasteiger partial charge >= 0.3 is 5.97 Å². The SMILES string of the molecule is CCOc1ccc(C(c2cnc3ccccc3c2)N2CCCC2C(=O)O)cc1OCC. The minimum Gasteiger partial charge on any atom is -0.490 e. The van der Waals surface area contributed by atoms with Crippen LogP contribution in [0.2, 0.25) is 0 Å². The highest BCUT2D eigenvalue weighted by Gasteiger charge is 2.37. The molecule has 0 bridgehead atoms. The van der Waals surface area contributed by atoms with Crippen LogP contribution in [0.1, 0.15) is 43.9 Å². The molecule has 2 heterocycles. The van der Waals surface area contributed by atoms with Crippen molar-refractivity contribution in [3.8, 4) is 11.5 Å². The molecule has 1 N–H and O–H groups in total. The Morgan fingerprint density at radius 1 is 1.10 bits per heavy atom. The number of hydrogen-bond donors (Lipinski definition) is 1. The maximum absolute atomic E-state index is 12.0. The number of carboxylic acids is 1. The van der Waals surface area contributed by atoms with Gasteiger partial charge in [0.15, 0.2) is 11.5 Å². The lowest BCUT2D eigenvalue weighted by Crippen LogP contribution is -2.39. The molecule has 2 unspecified atom stereocenters. The van der Waals surface area contributed by atoms with Crippen LogP contribution in [0.15, 0.2) is 54.7 Å². The molecule has 1 aliphatic rings. The van der Waals surface area contributed by atoms with Crippen LogP contribution < -0.4 is 9.47 Å². The van der Waals surface area contributed by atoms with E-state index in [1.165, 1.54) is 0 Å². The predicted octanol–water partition coefficient (Wildman–Crippen LogP) is 4.67. The van der Waals surface area contributed by atoms with Gasteiger partial charge in [-0.2, -0.15) is 0 Å². The Kier molecular flexibility index (Phi) is 6.37. The molecule has 4 rings (SSSR count). The second-order valence-corrected chi connectivity index (χ2v) is 7.67. The summed E-state index contributed by atoms with van der Waals surface area (Å²) in [5, 5.41) is 10.9. The molecule has 1 fully saturated rings. The van der Waals surface area contributed by atoms with Crippen LogP contribution in [-0.2, 0) is 4.79 Å². The van der Waals surface area contributed by atoms with Crippen molar-refractivity contribution in [1.29, 1.82) is 0 Å². The Morgan fingerprint density at radius 3 is 2.65 bits per heavy atom. The van der Waals surface area contributed by atoms with Gasteiger partial charge in [-0.3, -0.25) is 14.7 Å². The zero-order valence-electron chi connectivity index (χ0n) is 18.0. The summed E-state index contributed by atoms with van der Waals surface area (Å²) < 4.78 is 11.6. The fourth-order valence-corrected chi connectivity index (χ4v) is 4.41. The van der Waals surface area contributed by atoms with Crippen LogP contribution in [0.3, 0.4) is 0 Å². The summed E-state index contributed by atoms with van der Waals surface area (Å²) in [5.41, 5.74) is 2.86. The highest BCUT2D eigenvalue weighted by Crippen LogP contribution is 2.39. The summed E-state index contributed by atoms with van der Waals surface area (Å²) in [4.78, 5) is 18.7. The van der Waals surface area contributed by atoms with Crippen LogP contribution in [0.5, 0.6) is 11.5 Å². The first kappa shape index (κ1) is 21.1. The summed E-state index contributed by atoms with van der Waals surface area (Å²) in [6.45, 7) is 5.66. The van der Waals surface area contributed by atoms with E-state index in [1.807, 2.05) is 62.5 Å². The number of carbonyl (C=O) groups is 1. The van der Waals surface area contributed by atoms with Crippen molar-refractivity contribution in [3.63, 3.8) is 0 Å². The minimum absolute atomic E-state index is 0.240. The Bertz CT molecular complexity index is 1070. The normalized spacial score (nSPS) is 17.5. The second kappa shape index (κ2) is 9.35. The minimum atomic E-state index is -0.785. The van der Waals surface area contributed by atoms with Crippen molar-refractivity contribution in [2.45, 2.75) is 38.8 Å². The molecular weight excluding hydrogens is 392 g/mol. The zero-order chi connectivity index (χ0) is 21.8. The van der Waals surface area contributed by atoms with E-state index in [0.717, 1.165) is 28.5 Å². The molecule has 2 atom stereocenters. The first-order valence-electron chi connectivity index (χ1n) is 10.8. The van der Waals surface area contributed by atoms with E-state index in [4.69, 9.17) is 9.47 Å². The van der Waals surface area contributed by atoms with Crippen LogP contribution in [-0.4, -0.2) is 46.8 Å². The smallest absolute Gasteiger partial charge is 0.320 e. The van der Waals surface area contributed by atoms with E-state index in [2.05, 4.69) is 16.0 Å². The fourth-order valence-electron chi connectivity index (χ4n) is 4.41. The van der Waals surface area contributed by atoms with Gasteiger partial charge in [-0.25, -0.2) is 0 Å². The van der Waals surface area contributed by atoms with Crippen molar-refractivity contribution in [3.05, 3.63) is 65.9 Å². The molecule has 31 heavy (non-hydrogen) atoms. The monoisotopic (exact) mass is 420 g/mol. The van der Waals surface area contributed by atoms with Crippen LogP contribution >= 0.6 is 0 Å². The van der Waals surface area contributed by atoms with Gasteiger partial charge in [-0.15, -0.1) is 0 Å². The van der Waals surface area contributed by atoms with E-state index in [1.54, 1.807) is 0 Å². The van der Waals surface area contributed by atoms with Crippen molar-refractivity contribution in [2.75, 3.05) is 19.8 Å². The number of aliphatic carboxylic acids is 1. The molecule has 2 aromatic carbocycles. The van der Waals surface area contributed by atoms with E-state index in [-0.39, 0.29) is 6.04 Å². The zero-order valence-corrected chi connectivity index (χ0v) is 18.0. The number of aromatic nitrogens is 1. The molecule has 0 saturated carbocycles. The van der Waals surface area contributed by atoms with E-state index < -0.39 is 12.0 Å². The molecular formula is C25H28N2O4. The van der Waals surface area contributed by atoms with Crippen LogP contribution in [0.25, 0.3) is 10.9 Å². The molecule has 0 amide bonds. The molecule has 6 heteroatoms. The molecule has 1 aromatic heterocycles. The first-order chi connectivity index (χ1) is 15.1. The third-order valence-electron chi connectivity index (χ3n) is 5.72. The highest BCUT2D eigenvalue weighted by atomic mass is 16.5. The number of fused-ring (bicyclic) bond motifs is 1. The summed E-state index contributed by atoms with van der Waals surface area (Å²) >= 11 is 0. The maximum atomic E-state index is 12.0. The third-order valence-corrected chi connectivity index (χ3v) is 5.72. The van der Waals surface area contributed by atoms with Gasteiger partial charge in [0, 0.05) is 18.1 Å². The van der Waals surface area contributed by atoms with Gasteiger partial charge in [0.1, 0.15) is 6.04 Å². The number of likely N-dealkylation sites (tertiary alicyclic amines) is 1. The molecule has 1 saturated heterocycles. The molecule has 1 aliphatic heterocycles. The lowest BCUT2D eigenvalue weighted by atomic mass is 9.96. The van der Waals surface area contributed by atoms with E-state index in [0.29, 0.717) is 37.7 Å². The van der Waals surface area contributed by atoms with E-state index in [9.17, 15) is 9.90 Å². The Hall–Kier alpha value is -3.12. The van der Waals surface area contributed by atoms with Gasteiger partial charge in [0.05, 0.1) is 24.8 Å². The van der Waals surface area contributed by atoms with Crippen molar-refractivity contribution in [1.82, 2.24) is 9.88 Å². The molecule has 6 nitrogen and oxygen atoms in total. The summed E-state index contributed by atoms with van der Waals surface area (Å²) in [7, 11) is 0. The van der Waals surface area contributed by atoms with Gasteiger partial charge in [0.25, 0.3) is 0 Å². The number of rotatable bonds is 8. The topological polar surface area (TPSA) is 71.9 Å². The lowest BCUT2D eigenvalue weighted by Gasteiger charge is -2.32. The molecule has 0 spiro atoms. The highest BCUT2D eigenvalue weighted by molar-refractivity contribution is 5.79. The molecule has 0 radical (unpaired) electrons. The number of para-hydroxylation sites is 1. The van der Waals surface area contributed by atoms with Crippen LogP contribution in [0, 0.1) is 0 Å². The number of hydrogen-bond acceptors (Lipinski definition) is 5. The Balaban J connectivity index is 1.84. The predicted molar refractivity (Wildman–Crippen MR) is 120 cm³/mol. The number of benzene rings is 2. The summed E-state index contributed by atoms with van der Waals surface area (Å²) in [5.74, 6) is 0.582. The number of ether oxygens (including phenoxy) is 2. The number of carboxylic acid groups (broad SMARTS) is 1. The molecule has 3 aromatic rings. The Labute approximate surface area is 182 Å². The van der Waals surface area contributed by atoms with Crippen molar-refractivity contribution >= 4 is 16.9 Å². The van der Waals surface area contributed by atoms with Gasteiger partial charge in [0.2, 0.25) is 0 Å². The van der Waals surface area contributed by atoms with Crippen LogP contribution in [0.4, 0.5) is 0 Å². The lowest BCUT2D eigenvalue weighted by molar-refractivity contribution is -0.142. The number of nitrogens with zero attached hydrogens (tertiary/aromatic N) is 2. The summed E-state index contributed by atoms with van der Waals surface area (Å²) in [6, 6.07) is 15.2. The Morgan fingerprint density at radius 2 is 1.87 bits per heavy atom. The average Bonchev–Trinajstić information content (AvgIpc) is 3.26. The fraction of sp³-hybridized carbons (Fsp3) is 0.360. The van der Waals surface area contributed by atoms with Gasteiger partial charge in [-0.1, -0.05) is 24.3 Å².